The molecular weight excluding hydrogens is 897 g/mol. The van der Waals surface area contributed by atoms with Crippen molar-refractivity contribution in [3.8, 4) is 34.5 Å². The molecule has 1 atom stereocenters. The van der Waals surface area contributed by atoms with Crippen LogP contribution in [0.15, 0.2) is 243 Å². The zero-order chi connectivity index (χ0) is 46.5. The Morgan fingerprint density at radius 2 is 0.486 bits per heavy atom. The highest BCUT2D eigenvalue weighted by molar-refractivity contribution is 7.88. The zero-order valence-electron chi connectivity index (χ0n) is 38.3. The summed E-state index contributed by atoms with van der Waals surface area (Å²) in [6.45, 7) is 2.17. The minimum Gasteiger partial charge on any atom is -0.453 e. The molecule has 0 amide bonds. The molecule has 0 aliphatic carbocycles. The van der Waals surface area contributed by atoms with E-state index in [1.165, 1.54) is 26.8 Å². The van der Waals surface area contributed by atoms with Crippen LogP contribution in [-0.4, -0.2) is 5.90 Å². The van der Waals surface area contributed by atoms with Gasteiger partial charge in [0.25, 0.3) is 0 Å². The number of anilines is 9. The predicted octanol–water partition coefficient (Wildman–Crippen LogP) is 16.2. The van der Waals surface area contributed by atoms with Gasteiger partial charge in [-0.1, -0.05) is 139 Å². The maximum atomic E-state index is 6.39. The largest absolute Gasteiger partial charge is 0.453 e. The molecule has 0 bridgehead atoms. The summed E-state index contributed by atoms with van der Waals surface area (Å²) in [5, 5.41) is 5.34. The lowest BCUT2D eigenvalue weighted by Gasteiger charge is -2.34. The molecule has 0 saturated heterocycles. The molecule has 0 fully saturated rings. The second-order valence-corrected chi connectivity index (χ2v) is 22.4. The Morgan fingerprint density at radius 1 is 0.271 bits per heavy atom. The lowest BCUT2D eigenvalue weighted by molar-refractivity contribution is 0.477. The number of aryl methyl sites for hydroxylation is 1. The minimum absolute atomic E-state index is 0.832. The van der Waals surface area contributed by atoms with Gasteiger partial charge in [-0.2, -0.15) is 0 Å². The van der Waals surface area contributed by atoms with Gasteiger partial charge in [0, 0.05) is 23.0 Å². The third kappa shape index (κ3) is 7.54. The summed E-state index contributed by atoms with van der Waals surface area (Å²) in [6, 6.07) is 86.9. The fraction of sp³-hybridized carbons (Fsp3) is 0.0323. The quantitative estimate of drug-likeness (QED) is 0.134. The van der Waals surface area contributed by atoms with Crippen molar-refractivity contribution in [1.82, 2.24) is 0 Å². The highest BCUT2D eigenvalue weighted by atomic mass is 31.2. The standard InChI is InChI=1S/C62H45N3O3P2/c1-43-26-34-47(35-27-43)69(48-36-28-44(29-37-48)63-51-14-2-8-20-57(51)66-58-21-9-3-15-52(58)63)42-70(49-38-30-45(31-39-49)64-53-16-4-10-22-59(53)67-60-23-11-5-17-54(60)64)50-40-32-46(33-41-50)65-55-18-6-12-24-61(55)68-62-25-13-7-19-56(62)65/h2-41H,42H2,1H3. The van der Waals surface area contributed by atoms with Crippen LogP contribution in [0.1, 0.15) is 5.56 Å². The Morgan fingerprint density at radius 3 is 0.729 bits per heavy atom. The van der Waals surface area contributed by atoms with Gasteiger partial charge in [0.2, 0.25) is 0 Å². The van der Waals surface area contributed by atoms with Gasteiger partial charge in [-0.3, -0.25) is 0 Å². The van der Waals surface area contributed by atoms with Crippen LogP contribution in [0.2, 0.25) is 0 Å². The van der Waals surface area contributed by atoms with Crippen molar-refractivity contribution in [2.24, 2.45) is 0 Å². The van der Waals surface area contributed by atoms with E-state index in [1.807, 2.05) is 72.8 Å². The summed E-state index contributed by atoms with van der Waals surface area (Å²) >= 11 is 0. The van der Waals surface area contributed by atoms with E-state index >= 15 is 0 Å². The topological polar surface area (TPSA) is 37.4 Å². The molecule has 336 valence electrons. The molecule has 10 aromatic rings. The van der Waals surface area contributed by atoms with E-state index in [4.69, 9.17) is 14.2 Å². The van der Waals surface area contributed by atoms with Crippen molar-refractivity contribution >= 4 is 88.2 Å². The Labute approximate surface area is 410 Å². The summed E-state index contributed by atoms with van der Waals surface area (Å²) in [5.74, 6) is 6.02. The fourth-order valence-corrected chi connectivity index (χ4v) is 16.2. The Kier molecular flexibility index (Phi) is 10.6. The first-order valence-electron chi connectivity index (χ1n) is 23.5. The predicted molar refractivity (Wildman–Crippen MR) is 292 cm³/mol. The summed E-state index contributed by atoms with van der Waals surface area (Å²) < 4.78 is 19.2. The first-order valence-corrected chi connectivity index (χ1v) is 26.6. The van der Waals surface area contributed by atoms with E-state index in [2.05, 4.69) is 191 Å². The molecule has 0 radical (unpaired) electrons. The number of hydrogen-bond donors (Lipinski definition) is 0. The summed E-state index contributed by atoms with van der Waals surface area (Å²) in [4.78, 5) is 6.95. The van der Waals surface area contributed by atoms with Crippen molar-refractivity contribution in [3.05, 3.63) is 248 Å². The molecular formula is C62H45N3O3P2. The minimum atomic E-state index is -0.889. The summed E-state index contributed by atoms with van der Waals surface area (Å²) in [5.41, 5.74) is 10.7. The number of nitrogens with zero attached hydrogens (tertiary/aromatic N) is 3. The van der Waals surface area contributed by atoms with Crippen LogP contribution < -0.4 is 50.1 Å². The van der Waals surface area contributed by atoms with Crippen molar-refractivity contribution in [2.45, 2.75) is 6.92 Å². The Balaban J connectivity index is 0.912. The zero-order valence-corrected chi connectivity index (χ0v) is 40.1. The van der Waals surface area contributed by atoms with Gasteiger partial charge in [-0.05, 0) is 153 Å². The van der Waals surface area contributed by atoms with Crippen LogP contribution >= 0.6 is 15.8 Å². The summed E-state index contributed by atoms with van der Waals surface area (Å²) in [6.07, 6.45) is 0. The lowest BCUT2D eigenvalue weighted by atomic mass is 10.1. The normalized spacial score (nSPS) is 13.3. The van der Waals surface area contributed by atoms with Gasteiger partial charge in [0.05, 0.1) is 34.1 Å². The molecule has 3 heterocycles. The number of hydrogen-bond acceptors (Lipinski definition) is 6. The van der Waals surface area contributed by atoms with Crippen molar-refractivity contribution in [1.29, 1.82) is 0 Å². The smallest absolute Gasteiger partial charge is 0.151 e. The molecule has 1 unspecified atom stereocenters. The maximum absolute atomic E-state index is 6.39. The van der Waals surface area contributed by atoms with Crippen molar-refractivity contribution < 1.29 is 14.2 Å². The molecule has 6 nitrogen and oxygen atoms in total. The molecule has 0 aromatic heterocycles. The Hall–Kier alpha value is -8.14. The van der Waals surface area contributed by atoms with Crippen molar-refractivity contribution in [2.75, 3.05) is 20.6 Å². The highest BCUT2D eigenvalue weighted by Crippen LogP contribution is 2.55. The maximum Gasteiger partial charge on any atom is 0.151 e. The second-order valence-electron chi connectivity index (χ2n) is 17.5. The molecule has 3 aliphatic heterocycles. The van der Waals surface area contributed by atoms with E-state index in [-0.39, 0.29) is 0 Å². The molecule has 8 heteroatoms. The molecule has 3 aliphatic rings. The second kappa shape index (κ2) is 17.7. The van der Waals surface area contributed by atoms with Gasteiger partial charge in [0.1, 0.15) is 0 Å². The van der Waals surface area contributed by atoms with Gasteiger partial charge in [0.15, 0.2) is 34.5 Å². The van der Waals surface area contributed by atoms with Gasteiger partial charge >= 0.3 is 0 Å². The van der Waals surface area contributed by atoms with Crippen LogP contribution in [0.25, 0.3) is 0 Å². The Bertz CT molecular complexity index is 3270. The molecule has 13 rings (SSSR count). The lowest BCUT2D eigenvalue weighted by Crippen LogP contribution is -2.21. The average Bonchev–Trinajstić information content (AvgIpc) is 3.42. The van der Waals surface area contributed by atoms with E-state index < -0.39 is 15.8 Å². The number of para-hydroxylation sites is 12. The third-order valence-electron chi connectivity index (χ3n) is 13.2. The van der Waals surface area contributed by atoms with Gasteiger partial charge in [-0.15, -0.1) is 0 Å². The number of rotatable bonds is 9. The van der Waals surface area contributed by atoms with Crippen LogP contribution in [0.4, 0.5) is 51.2 Å². The van der Waals surface area contributed by atoms with E-state index in [0.717, 1.165) is 91.6 Å². The fourth-order valence-electron chi connectivity index (χ4n) is 9.78. The highest BCUT2D eigenvalue weighted by Gasteiger charge is 2.30. The van der Waals surface area contributed by atoms with Gasteiger partial charge in [-0.25, -0.2) is 0 Å². The first-order chi connectivity index (χ1) is 34.6. The molecule has 0 spiro atoms. The van der Waals surface area contributed by atoms with Crippen LogP contribution in [-0.2, 0) is 0 Å². The molecule has 70 heavy (non-hydrogen) atoms. The molecule has 0 saturated carbocycles. The van der Waals surface area contributed by atoms with E-state index in [1.54, 1.807) is 0 Å². The molecule has 10 aromatic carbocycles. The average molecular weight is 942 g/mol. The number of benzene rings is 10. The van der Waals surface area contributed by atoms with Crippen molar-refractivity contribution in [3.63, 3.8) is 0 Å². The third-order valence-corrected chi connectivity index (χ3v) is 19.1. The van der Waals surface area contributed by atoms with Crippen LogP contribution in [0.3, 0.4) is 0 Å². The first kappa shape index (κ1) is 42.0. The SMILES string of the molecule is Cc1ccc(P(CP(c2ccc(N3c4ccccc4Oc4ccccc43)cc2)c2ccc(N3c4ccccc4Oc4ccccc43)cc2)c2ccc(N3c4ccccc4Oc4ccccc43)cc2)cc1. The van der Waals surface area contributed by atoms with E-state index in [0.29, 0.717) is 0 Å². The van der Waals surface area contributed by atoms with E-state index in [9.17, 15) is 0 Å². The number of ether oxygens (including phenoxy) is 3. The van der Waals surface area contributed by atoms with Crippen LogP contribution in [0.5, 0.6) is 34.5 Å². The van der Waals surface area contributed by atoms with Gasteiger partial charge < -0.3 is 28.9 Å². The monoisotopic (exact) mass is 941 g/mol. The summed E-state index contributed by atoms with van der Waals surface area (Å²) in [7, 11) is -1.72. The number of fused-ring (bicyclic) bond motifs is 6. The molecule has 0 N–H and O–H groups in total. The van der Waals surface area contributed by atoms with Crippen LogP contribution in [0, 0.1) is 6.92 Å².